The lowest BCUT2D eigenvalue weighted by molar-refractivity contribution is 0.170. The predicted octanol–water partition coefficient (Wildman–Crippen LogP) is 1.89. The first-order valence-electron chi connectivity index (χ1n) is 8.74. The second-order valence-corrected chi connectivity index (χ2v) is 8.43. The monoisotopic (exact) mass is 390 g/mol. The molecule has 0 radical (unpaired) electrons. The number of hydrogen-bond acceptors (Lipinski definition) is 6. The second-order valence-electron chi connectivity index (χ2n) is 6.66. The number of methoxy groups -OCH3 is 1. The first kappa shape index (κ1) is 18.1. The van der Waals surface area contributed by atoms with Gasteiger partial charge in [0.1, 0.15) is 0 Å². The van der Waals surface area contributed by atoms with Crippen LogP contribution in [0.4, 0.5) is 0 Å². The van der Waals surface area contributed by atoms with Crippen molar-refractivity contribution in [3.05, 3.63) is 47.0 Å². The average molecular weight is 390 g/mol. The van der Waals surface area contributed by atoms with E-state index in [4.69, 9.17) is 14.2 Å². The summed E-state index contributed by atoms with van der Waals surface area (Å²) in [5, 5.41) is 0. The van der Waals surface area contributed by atoms with Crippen LogP contribution in [0, 0.1) is 0 Å². The normalized spacial score (nSPS) is 16.2. The van der Waals surface area contributed by atoms with Gasteiger partial charge in [-0.05, 0) is 31.2 Å². The van der Waals surface area contributed by atoms with E-state index in [2.05, 4.69) is 9.62 Å². The van der Waals surface area contributed by atoms with Gasteiger partial charge >= 0.3 is 0 Å². The van der Waals surface area contributed by atoms with Gasteiger partial charge in [-0.2, -0.15) is 0 Å². The van der Waals surface area contributed by atoms with E-state index in [1.54, 1.807) is 37.4 Å². The van der Waals surface area contributed by atoms with Gasteiger partial charge in [-0.15, -0.1) is 0 Å². The third kappa shape index (κ3) is 3.24. The van der Waals surface area contributed by atoms with E-state index in [0.717, 1.165) is 29.7 Å². The SMILES string of the molecule is COc1c2c(c(CNS(=O)(=O)c3ccccc3)c3c1OCO3)CCN(C)C2. The van der Waals surface area contributed by atoms with Gasteiger partial charge in [0.2, 0.25) is 22.6 Å². The fourth-order valence-corrected chi connectivity index (χ4v) is 4.65. The Balaban J connectivity index is 1.73. The van der Waals surface area contributed by atoms with Crippen molar-refractivity contribution in [3.63, 3.8) is 0 Å². The van der Waals surface area contributed by atoms with Crippen molar-refractivity contribution < 1.29 is 22.6 Å². The lowest BCUT2D eigenvalue weighted by atomic mass is 9.92. The summed E-state index contributed by atoms with van der Waals surface area (Å²) in [6.45, 7) is 1.84. The van der Waals surface area contributed by atoms with E-state index in [9.17, 15) is 8.42 Å². The molecule has 0 aliphatic carbocycles. The van der Waals surface area contributed by atoms with Crippen molar-refractivity contribution in [2.75, 3.05) is 27.5 Å². The molecular weight excluding hydrogens is 368 g/mol. The molecule has 27 heavy (non-hydrogen) atoms. The molecule has 2 aromatic carbocycles. The molecule has 144 valence electrons. The molecule has 0 saturated heterocycles. The van der Waals surface area contributed by atoms with Crippen molar-refractivity contribution in [1.82, 2.24) is 9.62 Å². The molecule has 2 aliphatic heterocycles. The molecule has 2 aromatic rings. The lowest BCUT2D eigenvalue weighted by Crippen LogP contribution is -2.30. The number of nitrogens with zero attached hydrogens (tertiary/aromatic N) is 1. The minimum absolute atomic E-state index is 0.100. The largest absolute Gasteiger partial charge is 0.492 e. The summed E-state index contributed by atoms with van der Waals surface area (Å²) >= 11 is 0. The van der Waals surface area contributed by atoms with Crippen LogP contribution in [0.3, 0.4) is 0 Å². The highest BCUT2D eigenvalue weighted by Gasteiger charge is 2.32. The minimum atomic E-state index is -3.62. The lowest BCUT2D eigenvalue weighted by Gasteiger charge is -2.29. The highest BCUT2D eigenvalue weighted by Crippen LogP contribution is 2.49. The smallest absolute Gasteiger partial charge is 0.240 e. The Morgan fingerprint density at radius 1 is 1.15 bits per heavy atom. The molecule has 1 N–H and O–H groups in total. The van der Waals surface area contributed by atoms with Crippen molar-refractivity contribution in [2.45, 2.75) is 24.4 Å². The standard InChI is InChI=1S/C19H22N2O5S/c1-21-9-8-14-15(10-20-27(22,23)13-6-4-3-5-7-13)18-19(26-12-25-18)17(24-2)16(14)11-21/h3-7,20H,8-12H2,1-2H3. The number of benzene rings is 2. The number of sulfonamides is 1. The zero-order valence-electron chi connectivity index (χ0n) is 15.3. The molecule has 2 aliphatic rings. The zero-order chi connectivity index (χ0) is 19.0. The summed E-state index contributed by atoms with van der Waals surface area (Å²) < 4.78 is 44.9. The van der Waals surface area contributed by atoms with Crippen LogP contribution in [0.25, 0.3) is 0 Å². The summed E-state index contributed by atoms with van der Waals surface area (Å²) in [7, 11) is 0.0445. The van der Waals surface area contributed by atoms with Crippen LogP contribution in [-0.2, 0) is 29.5 Å². The average Bonchev–Trinajstić information content (AvgIpc) is 3.15. The summed E-state index contributed by atoms with van der Waals surface area (Å²) in [5.74, 6) is 1.81. The Morgan fingerprint density at radius 3 is 2.63 bits per heavy atom. The molecule has 0 aromatic heterocycles. The highest BCUT2D eigenvalue weighted by molar-refractivity contribution is 7.89. The van der Waals surface area contributed by atoms with Crippen LogP contribution in [0.2, 0.25) is 0 Å². The molecule has 0 unspecified atom stereocenters. The molecule has 0 fully saturated rings. The zero-order valence-corrected chi connectivity index (χ0v) is 16.1. The summed E-state index contributed by atoms with van der Waals surface area (Å²) in [5.41, 5.74) is 2.93. The van der Waals surface area contributed by atoms with Gasteiger partial charge < -0.3 is 19.1 Å². The van der Waals surface area contributed by atoms with Crippen LogP contribution in [-0.4, -0.2) is 40.8 Å². The molecule has 8 heteroatoms. The van der Waals surface area contributed by atoms with Gasteiger partial charge in [0, 0.05) is 30.8 Å². The van der Waals surface area contributed by atoms with E-state index in [0.29, 0.717) is 23.8 Å². The molecule has 0 saturated carbocycles. The van der Waals surface area contributed by atoms with Crippen molar-refractivity contribution in [1.29, 1.82) is 0 Å². The number of likely N-dealkylation sites (N-methyl/N-ethyl adjacent to an activating group) is 1. The van der Waals surface area contributed by atoms with Gasteiger partial charge in [-0.3, -0.25) is 0 Å². The van der Waals surface area contributed by atoms with Gasteiger partial charge in [0.15, 0.2) is 11.5 Å². The van der Waals surface area contributed by atoms with Gasteiger partial charge in [-0.25, -0.2) is 13.1 Å². The topological polar surface area (TPSA) is 77.1 Å². The third-order valence-corrected chi connectivity index (χ3v) is 6.38. The maximum atomic E-state index is 12.6. The maximum absolute atomic E-state index is 12.6. The van der Waals surface area contributed by atoms with Gasteiger partial charge in [0.05, 0.1) is 12.0 Å². The van der Waals surface area contributed by atoms with E-state index in [1.165, 1.54) is 0 Å². The number of ether oxygens (including phenoxy) is 3. The Bertz CT molecular complexity index is 960. The Morgan fingerprint density at radius 2 is 1.89 bits per heavy atom. The van der Waals surface area contributed by atoms with Crippen molar-refractivity contribution in [2.24, 2.45) is 0 Å². The maximum Gasteiger partial charge on any atom is 0.240 e. The molecule has 0 spiro atoms. The van der Waals surface area contributed by atoms with Crippen molar-refractivity contribution >= 4 is 10.0 Å². The molecular formula is C19H22N2O5S. The van der Waals surface area contributed by atoms with Crippen LogP contribution < -0.4 is 18.9 Å². The first-order valence-corrected chi connectivity index (χ1v) is 10.2. The summed E-state index contributed by atoms with van der Waals surface area (Å²) in [4.78, 5) is 2.44. The fraction of sp³-hybridized carbons (Fsp3) is 0.368. The first-order chi connectivity index (χ1) is 13.0. The minimum Gasteiger partial charge on any atom is -0.492 e. The number of nitrogens with one attached hydrogen (secondary N) is 1. The molecule has 7 nitrogen and oxygen atoms in total. The molecule has 0 amide bonds. The predicted molar refractivity (Wildman–Crippen MR) is 99.6 cm³/mol. The summed E-state index contributed by atoms with van der Waals surface area (Å²) in [6, 6.07) is 8.34. The fourth-order valence-electron chi connectivity index (χ4n) is 3.64. The summed E-state index contributed by atoms with van der Waals surface area (Å²) in [6.07, 6.45) is 0.793. The van der Waals surface area contributed by atoms with Gasteiger partial charge in [-0.1, -0.05) is 18.2 Å². The second kappa shape index (κ2) is 7.03. The highest BCUT2D eigenvalue weighted by atomic mass is 32.2. The Labute approximate surface area is 158 Å². The quantitative estimate of drug-likeness (QED) is 0.840. The van der Waals surface area contributed by atoms with E-state index >= 15 is 0 Å². The molecule has 0 bridgehead atoms. The number of fused-ring (bicyclic) bond motifs is 2. The van der Waals surface area contributed by atoms with E-state index < -0.39 is 10.0 Å². The Hall–Kier alpha value is -2.29. The number of hydrogen-bond donors (Lipinski definition) is 1. The third-order valence-electron chi connectivity index (χ3n) is 4.96. The van der Waals surface area contributed by atoms with E-state index in [1.807, 2.05) is 7.05 Å². The van der Waals surface area contributed by atoms with Crippen LogP contribution in [0.1, 0.15) is 16.7 Å². The van der Waals surface area contributed by atoms with Crippen LogP contribution in [0.15, 0.2) is 35.2 Å². The van der Waals surface area contributed by atoms with Crippen LogP contribution in [0.5, 0.6) is 17.2 Å². The molecule has 0 atom stereocenters. The number of rotatable bonds is 5. The van der Waals surface area contributed by atoms with Crippen LogP contribution >= 0.6 is 0 Å². The van der Waals surface area contributed by atoms with Crippen molar-refractivity contribution in [3.8, 4) is 17.2 Å². The molecule has 2 heterocycles. The molecule has 4 rings (SSSR count). The Kier molecular flexibility index (Phi) is 4.71. The van der Waals surface area contributed by atoms with E-state index in [-0.39, 0.29) is 18.2 Å². The van der Waals surface area contributed by atoms with Gasteiger partial charge in [0.25, 0.3) is 0 Å².